The van der Waals surface area contributed by atoms with Gasteiger partial charge in [0.2, 0.25) is 0 Å². The second kappa shape index (κ2) is 6.43. The monoisotopic (exact) mass is 255 g/mol. The van der Waals surface area contributed by atoms with Crippen LogP contribution < -0.4 is 5.73 Å². The van der Waals surface area contributed by atoms with Gasteiger partial charge in [0.1, 0.15) is 5.82 Å². The van der Waals surface area contributed by atoms with E-state index in [2.05, 4.69) is 48.1 Å². The van der Waals surface area contributed by atoms with E-state index < -0.39 is 0 Å². The zero-order valence-corrected chi connectivity index (χ0v) is 11.6. The fraction of sp³-hybridized carbons (Fsp3) is 0.375. The number of nitrogens with two attached hydrogens (primary N) is 1. The molecule has 0 aliphatic rings. The highest BCUT2D eigenvalue weighted by atomic mass is 14.9. The summed E-state index contributed by atoms with van der Waals surface area (Å²) in [6.45, 7) is 4.19. The molecule has 1 atom stereocenters. The van der Waals surface area contributed by atoms with Gasteiger partial charge in [-0.25, -0.2) is 9.97 Å². The molecule has 0 bridgehead atoms. The van der Waals surface area contributed by atoms with Crippen LogP contribution in [0.15, 0.2) is 36.5 Å². The van der Waals surface area contributed by atoms with Crippen LogP contribution in [0.1, 0.15) is 36.0 Å². The Morgan fingerprint density at radius 3 is 2.58 bits per heavy atom. The Hall–Kier alpha value is -1.74. The van der Waals surface area contributed by atoms with Crippen molar-refractivity contribution >= 4 is 0 Å². The number of hydrogen-bond acceptors (Lipinski definition) is 3. The summed E-state index contributed by atoms with van der Waals surface area (Å²) in [4.78, 5) is 8.93. The fourth-order valence-corrected chi connectivity index (χ4v) is 1.94. The van der Waals surface area contributed by atoms with Gasteiger partial charge >= 0.3 is 0 Å². The minimum absolute atomic E-state index is 0.183. The van der Waals surface area contributed by atoms with Gasteiger partial charge in [-0.05, 0) is 25.0 Å². The van der Waals surface area contributed by atoms with Crippen LogP contribution in [0.3, 0.4) is 0 Å². The first-order chi connectivity index (χ1) is 9.17. The van der Waals surface area contributed by atoms with Gasteiger partial charge in [-0.3, -0.25) is 0 Å². The average molecular weight is 255 g/mol. The van der Waals surface area contributed by atoms with Crippen LogP contribution in [0.5, 0.6) is 0 Å². The fourth-order valence-electron chi connectivity index (χ4n) is 1.94. The Labute approximate surface area is 114 Å². The van der Waals surface area contributed by atoms with E-state index in [0.717, 1.165) is 30.8 Å². The van der Waals surface area contributed by atoms with E-state index in [4.69, 9.17) is 5.73 Å². The van der Waals surface area contributed by atoms with E-state index in [1.807, 2.05) is 12.3 Å². The summed E-state index contributed by atoms with van der Waals surface area (Å²) in [5.74, 6) is 0.865. The minimum atomic E-state index is 0.183. The molecule has 3 heteroatoms. The maximum absolute atomic E-state index is 5.96. The van der Waals surface area contributed by atoms with Crippen LogP contribution in [-0.2, 0) is 12.8 Å². The topological polar surface area (TPSA) is 51.8 Å². The summed E-state index contributed by atoms with van der Waals surface area (Å²) < 4.78 is 0. The van der Waals surface area contributed by atoms with Crippen molar-refractivity contribution in [2.24, 2.45) is 5.73 Å². The standard InChI is InChI=1S/C16H21N3/c1-3-14(17)11-15-8-9-18-16(19-15)10-13-6-4-12(2)5-7-13/h4-9,14H,3,10-11,17H2,1-2H3. The third-order valence-corrected chi connectivity index (χ3v) is 3.24. The first-order valence-electron chi connectivity index (χ1n) is 6.79. The molecule has 2 rings (SSSR count). The number of benzene rings is 1. The van der Waals surface area contributed by atoms with E-state index in [0.29, 0.717) is 0 Å². The van der Waals surface area contributed by atoms with Gasteiger partial charge in [0.25, 0.3) is 0 Å². The van der Waals surface area contributed by atoms with E-state index in [1.165, 1.54) is 11.1 Å². The largest absolute Gasteiger partial charge is 0.327 e. The molecule has 2 aromatic rings. The Morgan fingerprint density at radius 2 is 1.89 bits per heavy atom. The molecule has 0 amide bonds. The molecule has 0 fully saturated rings. The molecule has 1 heterocycles. The molecular weight excluding hydrogens is 234 g/mol. The third-order valence-electron chi connectivity index (χ3n) is 3.24. The molecule has 1 aromatic carbocycles. The van der Waals surface area contributed by atoms with Crippen molar-refractivity contribution in [1.82, 2.24) is 9.97 Å². The number of aromatic nitrogens is 2. The second-order valence-electron chi connectivity index (χ2n) is 5.00. The SMILES string of the molecule is CCC(N)Cc1ccnc(Cc2ccc(C)cc2)n1. The van der Waals surface area contributed by atoms with Gasteiger partial charge < -0.3 is 5.73 Å². The molecule has 3 nitrogen and oxygen atoms in total. The maximum Gasteiger partial charge on any atom is 0.132 e. The Morgan fingerprint density at radius 1 is 1.16 bits per heavy atom. The van der Waals surface area contributed by atoms with Crippen molar-refractivity contribution in [3.05, 3.63) is 59.2 Å². The number of nitrogens with zero attached hydrogens (tertiary/aromatic N) is 2. The predicted molar refractivity (Wildman–Crippen MR) is 78.0 cm³/mol. The highest BCUT2D eigenvalue weighted by Crippen LogP contribution is 2.08. The molecule has 0 aliphatic heterocycles. The van der Waals surface area contributed by atoms with Crippen molar-refractivity contribution in [2.75, 3.05) is 0 Å². The zero-order chi connectivity index (χ0) is 13.7. The molecule has 0 saturated carbocycles. The van der Waals surface area contributed by atoms with Crippen LogP contribution in [0.25, 0.3) is 0 Å². The van der Waals surface area contributed by atoms with Gasteiger partial charge in [0.05, 0.1) is 0 Å². The Bertz CT molecular complexity index is 520. The Balaban J connectivity index is 2.08. The highest BCUT2D eigenvalue weighted by molar-refractivity contribution is 5.24. The van der Waals surface area contributed by atoms with Gasteiger partial charge in [0, 0.05) is 30.8 Å². The van der Waals surface area contributed by atoms with Crippen molar-refractivity contribution in [3.8, 4) is 0 Å². The predicted octanol–water partition coefficient (Wildman–Crippen LogP) is 2.66. The van der Waals surface area contributed by atoms with Crippen molar-refractivity contribution in [3.63, 3.8) is 0 Å². The lowest BCUT2D eigenvalue weighted by molar-refractivity contribution is 0.633. The first-order valence-corrected chi connectivity index (χ1v) is 6.79. The van der Waals surface area contributed by atoms with Crippen LogP contribution in [0, 0.1) is 6.92 Å². The number of aryl methyl sites for hydroxylation is 1. The summed E-state index contributed by atoms with van der Waals surface area (Å²) in [5, 5.41) is 0. The highest BCUT2D eigenvalue weighted by Gasteiger charge is 2.05. The molecule has 0 aliphatic carbocycles. The van der Waals surface area contributed by atoms with Gasteiger partial charge in [0.15, 0.2) is 0 Å². The molecule has 1 unspecified atom stereocenters. The molecule has 0 radical (unpaired) electrons. The molecule has 0 spiro atoms. The number of rotatable bonds is 5. The van der Waals surface area contributed by atoms with Crippen LogP contribution in [0.2, 0.25) is 0 Å². The van der Waals surface area contributed by atoms with E-state index in [9.17, 15) is 0 Å². The average Bonchev–Trinajstić information content (AvgIpc) is 2.42. The third kappa shape index (κ3) is 4.14. The lowest BCUT2D eigenvalue weighted by Crippen LogP contribution is -2.22. The van der Waals surface area contributed by atoms with Gasteiger partial charge in [-0.1, -0.05) is 36.8 Å². The summed E-state index contributed by atoms with van der Waals surface area (Å²) in [6.07, 6.45) is 4.39. The first kappa shape index (κ1) is 13.7. The van der Waals surface area contributed by atoms with Gasteiger partial charge in [-0.2, -0.15) is 0 Å². The summed E-state index contributed by atoms with van der Waals surface area (Å²) in [7, 11) is 0. The maximum atomic E-state index is 5.96. The molecule has 1 aromatic heterocycles. The zero-order valence-electron chi connectivity index (χ0n) is 11.6. The normalized spacial score (nSPS) is 12.4. The summed E-state index contributed by atoms with van der Waals surface area (Å²) >= 11 is 0. The second-order valence-corrected chi connectivity index (χ2v) is 5.00. The summed E-state index contributed by atoms with van der Waals surface area (Å²) in [6, 6.07) is 10.6. The van der Waals surface area contributed by atoms with Crippen molar-refractivity contribution in [2.45, 2.75) is 39.2 Å². The quantitative estimate of drug-likeness (QED) is 0.893. The van der Waals surface area contributed by atoms with Crippen LogP contribution in [0.4, 0.5) is 0 Å². The molecule has 0 saturated heterocycles. The smallest absolute Gasteiger partial charge is 0.132 e. The number of hydrogen-bond donors (Lipinski definition) is 1. The summed E-state index contributed by atoms with van der Waals surface area (Å²) in [5.41, 5.74) is 9.51. The van der Waals surface area contributed by atoms with E-state index in [-0.39, 0.29) is 6.04 Å². The van der Waals surface area contributed by atoms with E-state index >= 15 is 0 Å². The Kier molecular flexibility index (Phi) is 4.63. The van der Waals surface area contributed by atoms with Crippen LogP contribution in [-0.4, -0.2) is 16.0 Å². The lowest BCUT2D eigenvalue weighted by atomic mass is 10.1. The molecule has 19 heavy (non-hydrogen) atoms. The molecule has 100 valence electrons. The van der Waals surface area contributed by atoms with Crippen molar-refractivity contribution < 1.29 is 0 Å². The molecule has 2 N–H and O–H groups in total. The van der Waals surface area contributed by atoms with Gasteiger partial charge in [-0.15, -0.1) is 0 Å². The lowest BCUT2D eigenvalue weighted by Gasteiger charge is -2.08. The van der Waals surface area contributed by atoms with E-state index in [1.54, 1.807) is 0 Å². The molecular formula is C16H21N3. The minimum Gasteiger partial charge on any atom is -0.327 e. The van der Waals surface area contributed by atoms with Crippen LogP contribution >= 0.6 is 0 Å². The van der Waals surface area contributed by atoms with Crippen molar-refractivity contribution in [1.29, 1.82) is 0 Å².